The van der Waals surface area contributed by atoms with Gasteiger partial charge < -0.3 is 24.3 Å². The van der Waals surface area contributed by atoms with Gasteiger partial charge in [0.2, 0.25) is 5.75 Å². The van der Waals surface area contributed by atoms with Crippen LogP contribution in [0.25, 0.3) is 0 Å². The highest BCUT2D eigenvalue weighted by Gasteiger charge is 2.15. The van der Waals surface area contributed by atoms with Gasteiger partial charge in [-0.2, -0.15) is 0 Å². The molecular formula is C19H23NO5. The Morgan fingerprint density at radius 2 is 1.48 bits per heavy atom. The van der Waals surface area contributed by atoms with Crippen molar-refractivity contribution in [1.82, 2.24) is 0 Å². The van der Waals surface area contributed by atoms with E-state index in [0.29, 0.717) is 28.7 Å². The molecule has 0 bridgehead atoms. The molecule has 0 atom stereocenters. The average molecular weight is 345 g/mol. The smallest absolute Gasteiger partial charge is 0.262 e. The van der Waals surface area contributed by atoms with E-state index >= 15 is 0 Å². The van der Waals surface area contributed by atoms with Crippen LogP contribution in [0.3, 0.4) is 0 Å². The molecule has 0 spiro atoms. The largest absolute Gasteiger partial charge is 0.495 e. The monoisotopic (exact) mass is 345 g/mol. The number of hydrogen-bond acceptors (Lipinski definition) is 5. The fourth-order valence-electron chi connectivity index (χ4n) is 2.40. The van der Waals surface area contributed by atoms with Crippen molar-refractivity contribution in [3.63, 3.8) is 0 Å². The van der Waals surface area contributed by atoms with Crippen molar-refractivity contribution in [3.05, 3.63) is 41.5 Å². The van der Waals surface area contributed by atoms with Crippen LogP contribution >= 0.6 is 0 Å². The molecule has 6 nitrogen and oxygen atoms in total. The van der Waals surface area contributed by atoms with Crippen LogP contribution in [0.5, 0.6) is 23.0 Å². The predicted octanol–water partition coefficient (Wildman–Crippen LogP) is 3.35. The highest BCUT2D eigenvalue weighted by Crippen LogP contribution is 2.38. The molecule has 0 fully saturated rings. The average Bonchev–Trinajstić information content (AvgIpc) is 2.60. The van der Waals surface area contributed by atoms with E-state index in [0.717, 1.165) is 11.1 Å². The van der Waals surface area contributed by atoms with Gasteiger partial charge in [0.05, 0.1) is 27.0 Å². The van der Waals surface area contributed by atoms with Crippen molar-refractivity contribution in [2.75, 3.05) is 33.3 Å². The number of carbonyl (C=O) groups excluding carboxylic acids is 1. The fourth-order valence-corrected chi connectivity index (χ4v) is 2.40. The molecule has 0 aliphatic rings. The first kappa shape index (κ1) is 18.4. The van der Waals surface area contributed by atoms with Crippen molar-refractivity contribution in [2.45, 2.75) is 13.8 Å². The summed E-state index contributed by atoms with van der Waals surface area (Å²) in [6, 6.07) is 9.19. The number of aryl methyl sites for hydroxylation is 2. The zero-order chi connectivity index (χ0) is 18.4. The van der Waals surface area contributed by atoms with Crippen molar-refractivity contribution >= 4 is 11.6 Å². The van der Waals surface area contributed by atoms with Crippen molar-refractivity contribution in [2.24, 2.45) is 0 Å². The molecule has 6 heteroatoms. The lowest BCUT2D eigenvalue weighted by molar-refractivity contribution is -0.118. The standard InChI is InChI=1S/C19H23NO5/c1-12-6-7-15(22-3)14(8-12)20-18(21)11-25-19-16(23-4)9-13(2)10-17(19)24-5/h6-10H,11H2,1-5H3,(H,20,21). The van der Waals surface area contributed by atoms with Gasteiger partial charge in [-0.3, -0.25) is 4.79 Å². The van der Waals surface area contributed by atoms with E-state index in [4.69, 9.17) is 18.9 Å². The van der Waals surface area contributed by atoms with E-state index in [1.54, 1.807) is 27.4 Å². The van der Waals surface area contributed by atoms with Crippen molar-refractivity contribution < 1.29 is 23.7 Å². The first-order valence-corrected chi connectivity index (χ1v) is 7.78. The van der Waals surface area contributed by atoms with Gasteiger partial charge in [-0.05, 0) is 49.2 Å². The molecule has 0 saturated heterocycles. The maximum absolute atomic E-state index is 12.3. The Labute approximate surface area is 147 Å². The summed E-state index contributed by atoms with van der Waals surface area (Å²) >= 11 is 0. The van der Waals surface area contributed by atoms with Crippen LogP contribution in [-0.4, -0.2) is 33.8 Å². The Balaban J connectivity index is 2.12. The molecule has 0 aliphatic carbocycles. The molecule has 2 aromatic rings. The highest BCUT2D eigenvalue weighted by atomic mass is 16.5. The zero-order valence-corrected chi connectivity index (χ0v) is 15.1. The molecule has 2 aromatic carbocycles. The minimum atomic E-state index is -0.311. The van der Waals surface area contributed by atoms with Gasteiger partial charge in [-0.1, -0.05) is 6.07 Å². The topological polar surface area (TPSA) is 66.0 Å². The summed E-state index contributed by atoms with van der Waals surface area (Å²) in [5.74, 6) is 1.69. The van der Waals surface area contributed by atoms with E-state index in [2.05, 4.69) is 5.32 Å². The van der Waals surface area contributed by atoms with Gasteiger partial charge in [0, 0.05) is 0 Å². The van der Waals surface area contributed by atoms with E-state index in [-0.39, 0.29) is 12.5 Å². The van der Waals surface area contributed by atoms with Crippen molar-refractivity contribution in [3.8, 4) is 23.0 Å². The quantitative estimate of drug-likeness (QED) is 0.834. The Kier molecular flexibility index (Phi) is 6.11. The molecule has 0 aromatic heterocycles. The summed E-state index contributed by atoms with van der Waals surface area (Å²) in [6.07, 6.45) is 0. The summed E-state index contributed by atoms with van der Waals surface area (Å²) < 4.78 is 21.5. The second kappa shape index (κ2) is 8.28. The van der Waals surface area contributed by atoms with Gasteiger partial charge in [0.15, 0.2) is 18.1 Å². The lowest BCUT2D eigenvalue weighted by atomic mass is 10.2. The minimum absolute atomic E-state index is 0.188. The van der Waals surface area contributed by atoms with Gasteiger partial charge >= 0.3 is 0 Å². The van der Waals surface area contributed by atoms with Crippen LogP contribution in [-0.2, 0) is 4.79 Å². The van der Waals surface area contributed by atoms with E-state index in [1.165, 1.54) is 0 Å². The minimum Gasteiger partial charge on any atom is -0.495 e. The van der Waals surface area contributed by atoms with Gasteiger partial charge in [-0.25, -0.2) is 0 Å². The number of benzene rings is 2. The number of nitrogens with one attached hydrogen (secondary N) is 1. The molecule has 0 radical (unpaired) electrons. The molecule has 0 saturated carbocycles. The maximum Gasteiger partial charge on any atom is 0.262 e. The van der Waals surface area contributed by atoms with Crippen LogP contribution < -0.4 is 24.3 Å². The normalized spacial score (nSPS) is 10.1. The molecule has 1 N–H and O–H groups in total. The number of amides is 1. The third-order valence-corrected chi connectivity index (χ3v) is 3.58. The summed E-state index contributed by atoms with van der Waals surface area (Å²) in [4.78, 5) is 12.3. The lowest BCUT2D eigenvalue weighted by Crippen LogP contribution is -2.21. The molecule has 134 valence electrons. The maximum atomic E-state index is 12.3. The van der Waals surface area contributed by atoms with Crippen molar-refractivity contribution in [1.29, 1.82) is 0 Å². The lowest BCUT2D eigenvalue weighted by Gasteiger charge is -2.16. The second-order valence-electron chi connectivity index (χ2n) is 5.54. The van der Waals surface area contributed by atoms with Crippen LogP contribution in [0.15, 0.2) is 30.3 Å². The van der Waals surface area contributed by atoms with Crippen LogP contribution in [0.2, 0.25) is 0 Å². The Morgan fingerprint density at radius 3 is 2.04 bits per heavy atom. The van der Waals surface area contributed by atoms with E-state index in [1.807, 2.05) is 38.1 Å². The fraction of sp³-hybridized carbons (Fsp3) is 0.316. The predicted molar refractivity (Wildman–Crippen MR) is 96.1 cm³/mol. The second-order valence-corrected chi connectivity index (χ2v) is 5.54. The summed E-state index contributed by atoms with van der Waals surface area (Å²) in [5, 5.41) is 2.79. The summed E-state index contributed by atoms with van der Waals surface area (Å²) in [6.45, 7) is 3.67. The zero-order valence-electron chi connectivity index (χ0n) is 15.1. The first-order chi connectivity index (χ1) is 12.0. The molecule has 0 heterocycles. The molecule has 2 rings (SSSR count). The molecule has 0 unspecified atom stereocenters. The number of anilines is 1. The van der Waals surface area contributed by atoms with Crippen LogP contribution in [0, 0.1) is 13.8 Å². The Morgan fingerprint density at radius 1 is 0.880 bits per heavy atom. The van der Waals surface area contributed by atoms with Crippen LogP contribution in [0.4, 0.5) is 5.69 Å². The molecule has 1 amide bonds. The number of carbonyl (C=O) groups is 1. The molecular weight excluding hydrogens is 322 g/mol. The number of rotatable bonds is 7. The molecule has 25 heavy (non-hydrogen) atoms. The number of hydrogen-bond donors (Lipinski definition) is 1. The SMILES string of the molecule is COc1ccc(C)cc1NC(=O)COc1c(OC)cc(C)cc1OC. The Hall–Kier alpha value is -2.89. The third kappa shape index (κ3) is 4.56. The van der Waals surface area contributed by atoms with E-state index < -0.39 is 0 Å². The van der Waals surface area contributed by atoms with Gasteiger partial charge in [0.25, 0.3) is 5.91 Å². The highest BCUT2D eigenvalue weighted by molar-refractivity contribution is 5.93. The Bertz CT molecular complexity index is 732. The number of ether oxygens (including phenoxy) is 4. The van der Waals surface area contributed by atoms with Gasteiger partial charge in [-0.15, -0.1) is 0 Å². The van der Waals surface area contributed by atoms with Gasteiger partial charge in [0.1, 0.15) is 5.75 Å². The summed E-state index contributed by atoms with van der Waals surface area (Å²) in [5.41, 5.74) is 2.58. The summed E-state index contributed by atoms with van der Waals surface area (Å²) in [7, 11) is 4.64. The van der Waals surface area contributed by atoms with E-state index in [9.17, 15) is 4.79 Å². The van der Waals surface area contributed by atoms with Crippen LogP contribution in [0.1, 0.15) is 11.1 Å². The first-order valence-electron chi connectivity index (χ1n) is 7.78. The molecule has 0 aliphatic heterocycles. The number of methoxy groups -OCH3 is 3. The third-order valence-electron chi connectivity index (χ3n) is 3.58.